The highest BCUT2D eigenvalue weighted by atomic mass is 16.5. The van der Waals surface area contributed by atoms with E-state index in [1.165, 1.54) is 12.8 Å². The smallest absolute Gasteiger partial charge is 0.343 e. The highest BCUT2D eigenvalue weighted by Crippen LogP contribution is 2.30. The van der Waals surface area contributed by atoms with Crippen molar-refractivity contribution in [3.63, 3.8) is 0 Å². The van der Waals surface area contributed by atoms with Gasteiger partial charge in [0.25, 0.3) is 0 Å². The first-order valence-electron chi connectivity index (χ1n) is 14.8. The van der Waals surface area contributed by atoms with E-state index in [-0.39, 0.29) is 18.1 Å². The van der Waals surface area contributed by atoms with Crippen LogP contribution in [0.15, 0.2) is 78.9 Å². The number of carbonyl (C=O) groups excluding carboxylic acids is 2. The minimum atomic E-state index is -1.02. The molecule has 42 heavy (non-hydrogen) atoms. The van der Waals surface area contributed by atoms with E-state index in [4.69, 9.17) is 9.47 Å². The Morgan fingerprint density at radius 3 is 2.36 bits per heavy atom. The van der Waals surface area contributed by atoms with Crippen molar-refractivity contribution in [3.8, 4) is 11.5 Å². The molecule has 8 nitrogen and oxygen atoms in total. The fourth-order valence-electron chi connectivity index (χ4n) is 4.61. The molecule has 3 aromatic carbocycles. The molecule has 1 atom stereocenters. The van der Waals surface area contributed by atoms with E-state index in [0.29, 0.717) is 42.5 Å². The Morgan fingerprint density at radius 1 is 0.952 bits per heavy atom. The Bertz CT molecular complexity index is 1310. The topological polar surface area (TPSA) is 105 Å². The number of anilines is 1. The zero-order chi connectivity index (χ0) is 29.7. The molecule has 1 fully saturated rings. The minimum absolute atomic E-state index is 0.215. The second-order valence-corrected chi connectivity index (χ2v) is 10.7. The number of ether oxygens (including phenoxy) is 2. The SMILES string of the molecule is CCCCC(=O)N(CCCOc1ccc(CC(Nc2ccccc2OC(=O)c2ccccc2)C(=O)O)cc1)CC1CC1. The Balaban J connectivity index is 1.28. The van der Waals surface area contributed by atoms with Gasteiger partial charge in [-0.2, -0.15) is 0 Å². The number of benzene rings is 3. The molecule has 1 unspecified atom stereocenters. The number of carboxylic acids is 1. The van der Waals surface area contributed by atoms with Gasteiger partial charge in [0.05, 0.1) is 17.9 Å². The van der Waals surface area contributed by atoms with Crippen molar-refractivity contribution in [2.75, 3.05) is 25.0 Å². The van der Waals surface area contributed by atoms with E-state index in [9.17, 15) is 19.5 Å². The highest BCUT2D eigenvalue weighted by molar-refractivity contribution is 5.92. The average Bonchev–Trinajstić information content (AvgIpc) is 3.83. The standard InChI is InChI=1S/C34H40N2O6/c1-2-3-14-32(37)36(24-26-15-16-26)21-9-22-41-28-19-17-25(18-20-28)23-30(33(38)39)35-29-12-7-8-13-31(29)42-34(40)27-10-5-4-6-11-27/h4-8,10-13,17-20,26,30,35H,2-3,9,14-16,21-24H2,1H3,(H,38,39). The summed E-state index contributed by atoms with van der Waals surface area (Å²) in [4.78, 5) is 39.2. The molecule has 0 bridgehead atoms. The van der Waals surface area contributed by atoms with Gasteiger partial charge < -0.3 is 24.8 Å². The number of para-hydroxylation sites is 2. The van der Waals surface area contributed by atoms with Crippen molar-refractivity contribution in [2.24, 2.45) is 5.92 Å². The molecule has 0 heterocycles. The second kappa shape index (κ2) is 15.6. The Hall–Kier alpha value is -4.33. The lowest BCUT2D eigenvalue weighted by Crippen LogP contribution is -2.34. The van der Waals surface area contributed by atoms with E-state index < -0.39 is 18.0 Å². The summed E-state index contributed by atoms with van der Waals surface area (Å²) < 4.78 is 11.5. The van der Waals surface area contributed by atoms with Crippen LogP contribution in [0, 0.1) is 5.92 Å². The van der Waals surface area contributed by atoms with Crippen LogP contribution in [-0.4, -0.2) is 53.6 Å². The first-order valence-corrected chi connectivity index (χ1v) is 14.8. The normalized spacial score (nSPS) is 13.2. The van der Waals surface area contributed by atoms with Gasteiger partial charge in [-0.25, -0.2) is 9.59 Å². The van der Waals surface area contributed by atoms with Gasteiger partial charge in [-0.1, -0.05) is 55.8 Å². The predicted octanol–water partition coefficient (Wildman–Crippen LogP) is 6.21. The number of amides is 1. The zero-order valence-electron chi connectivity index (χ0n) is 24.2. The molecular weight excluding hydrogens is 532 g/mol. The van der Waals surface area contributed by atoms with Gasteiger partial charge in [0.15, 0.2) is 5.75 Å². The van der Waals surface area contributed by atoms with Crippen LogP contribution >= 0.6 is 0 Å². The largest absolute Gasteiger partial charge is 0.494 e. The van der Waals surface area contributed by atoms with Crippen molar-refractivity contribution in [2.45, 2.75) is 57.9 Å². The van der Waals surface area contributed by atoms with Gasteiger partial charge in [-0.3, -0.25) is 4.79 Å². The minimum Gasteiger partial charge on any atom is -0.494 e. The number of carbonyl (C=O) groups is 3. The van der Waals surface area contributed by atoms with Crippen molar-refractivity contribution >= 4 is 23.5 Å². The number of esters is 1. The molecule has 1 amide bonds. The van der Waals surface area contributed by atoms with Crippen LogP contribution in [-0.2, 0) is 16.0 Å². The molecular formula is C34H40N2O6. The zero-order valence-corrected chi connectivity index (χ0v) is 24.2. The lowest BCUT2D eigenvalue weighted by atomic mass is 10.1. The molecule has 1 aliphatic rings. The average molecular weight is 573 g/mol. The fraction of sp³-hybridized carbons (Fsp3) is 0.382. The van der Waals surface area contributed by atoms with E-state index in [1.54, 1.807) is 48.5 Å². The molecule has 0 radical (unpaired) electrons. The van der Waals surface area contributed by atoms with Gasteiger partial charge >= 0.3 is 11.9 Å². The van der Waals surface area contributed by atoms with Crippen LogP contribution in [0.4, 0.5) is 5.69 Å². The molecule has 0 aromatic heterocycles. The fourth-order valence-corrected chi connectivity index (χ4v) is 4.61. The maximum Gasteiger partial charge on any atom is 0.343 e. The molecule has 8 heteroatoms. The number of nitrogens with zero attached hydrogens (tertiary/aromatic N) is 1. The molecule has 0 spiro atoms. The van der Waals surface area contributed by atoms with E-state index >= 15 is 0 Å². The number of hydrogen-bond acceptors (Lipinski definition) is 6. The Morgan fingerprint density at radius 2 is 1.67 bits per heavy atom. The third-order valence-corrected chi connectivity index (χ3v) is 7.20. The predicted molar refractivity (Wildman–Crippen MR) is 162 cm³/mol. The van der Waals surface area contributed by atoms with Crippen LogP contribution < -0.4 is 14.8 Å². The molecule has 3 aromatic rings. The van der Waals surface area contributed by atoms with Crippen LogP contribution in [0.2, 0.25) is 0 Å². The Kier molecular flexibility index (Phi) is 11.4. The quantitative estimate of drug-likeness (QED) is 0.113. The maximum atomic E-state index is 12.6. The summed E-state index contributed by atoms with van der Waals surface area (Å²) >= 11 is 0. The lowest BCUT2D eigenvalue weighted by Gasteiger charge is -2.23. The lowest BCUT2D eigenvalue weighted by molar-refractivity contribution is -0.138. The number of rotatable bonds is 17. The van der Waals surface area contributed by atoms with E-state index in [2.05, 4.69) is 12.2 Å². The van der Waals surface area contributed by atoms with Crippen molar-refractivity contribution < 1.29 is 29.0 Å². The number of aliphatic carboxylic acids is 1. The summed E-state index contributed by atoms with van der Waals surface area (Å²) in [6, 6.07) is 21.8. The number of nitrogens with one attached hydrogen (secondary N) is 1. The van der Waals surface area contributed by atoms with Gasteiger partial charge in [-0.05, 0) is 73.6 Å². The third kappa shape index (κ3) is 9.65. The van der Waals surface area contributed by atoms with Crippen molar-refractivity contribution in [3.05, 3.63) is 90.0 Å². The molecule has 2 N–H and O–H groups in total. The van der Waals surface area contributed by atoms with Crippen LogP contribution in [0.5, 0.6) is 11.5 Å². The van der Waals surface area contributed by atoms with Crippen LogP contribution in [0.3, 0.4) is 0 Å². The van der Waals surface area contributed by atoms with Gasteiger partial charge in [0.1, 0.15) is 11.8 Å². The molecule has 0 aliphatic heterocycles. The van der Waals surface area contributed by atoms with E-state index in [1.807, 2.05) is 35.2 Å². The molecule has 222 valence electrons. The van der Waals surface area contributed by atoms with E-state index in [0.717, 1.165) is 31.4 Å². The van der Waals surface area contributed by atoms with Crippen LogP contribution in [0.1, 0.15) is 61.4 Å². The Labute approximate surface area is 247 Å². The third-order valence-electron chi connectivity index (χ3n) is 7.20. The summed E-state index contributed by atoms with van der Waals surface area (Å²) in [6.07, 6.45) is 5.96. The molecule has 0 saturated heterocycles. The summed E-state index contributed by atoms with van der Waals surface area (Å²) in [6.45, 7) is 4.15. The summed E-state index contributed by atoms with van der Waals surface area (Å²) in [5, 5.41) is 12.9. The van der Waals surface area contributed by atoms with Crippen molar-refractivity contribution in [1.82, 2.24) is 4.90 Å². The summed E-state index contributed by atoms with van der Waals surface area (Å²) in [5.74, 6) is 0.305. The number of hydrogen-bond donors (Lipinski definition) is 2. The number of unbranched alkanes of at least 4 members (excludes halogenated alkanes) is 1. The van der Waals surface area contributed by atoms with Gasteiger partial charge in [0, 0.05) is 25.9 Å². The highest BCUT2D eigenvalue weighted by Gasteiger charge is 2.26. The summed E-state index contributed by atoms with van der Waals surface area (Å²) in [5.41, 5.74) is 1.64. The molecule has 1 aliphatic carbocycles. The van der Waals surface area contributed by atoms with Gasteiger partial charge in [-0.15, -0.1) is 0 Å². The van der Waals surface area contributed by atoms with Crippen LogP contribution in [0.25, 0.3) is 0 Å². The first-order chi connectivity index (χ1) is 20.4. The number of carboxylic acid groups (broad SMARTS) is 1. The van der Waals surface area contributed by atoms with Crippen molar-refractivity contribution in [1.29, 1.82) is 0 Å². The molecule has 1 saturated carbocycles. The maximum absolute atomic E-state index is 12.6. The monoisotopic (exact) mass is 572 g/mol. The first kappa shape index (κ1) is 30.6. The second-order valence-electron chi connectivity index (χ2n) is 10.7. The summed E-state index contributed by atoms with van der Waals surface area (Å²) in [7, 11) is 0. The van der Waals surface area contributed by atoms with Gasteiger partial charge in [0.2, 0.25) is 5.91 Å². The molecule has 4 rings (SSSR count).